The van der Waals surface area contributed by atoms with Gasteiger partial charge in [0, 0.05) is 12.4 Å². The highest BCUT2D eigenvalue weighted by atomic mass is 16.2. The van der Waals surface area contributed by atoms with Gasteiger partial charge in [-0.1, -0.05) is 12.1 Å². The van der Waals surface area contributed by atoms with E-state index in [2.05, 4.69) is 20.2 Å². The Morgan fingerprint density at radius 2 is 1.79 bits per heavy atom. The molecule has 1 fully saturated rings. The van der Waals surface area contributed by atoms with Gasteiger partial charge in [-0.05, 0) is 39.0 Å². The van der Waals surface area contributed by atoms with Crippen LogP contribution in [-0.4, -0.2) is 59.5 Å². The summed E-state index contributed by atoms with van der Waals surface area (Å²) >= 11 is 0. The number of amides is 2. The molecule has 3 heterocycles. The van der Waals surface area contributed by atoms with Gasteiger partial charge in [0.1, 0.15) is 5.54 Å². The number of carbonyl (C=O) groups is 2. The van der Waals surface area contributed by atoms with E-state index in [9.17, 15) is 9.59 Å². The molecule has 2 amide bonds. The van der Waals surface area contributed by atoms with Crippen LogP contribution in [0.3, 0.4) is 0 Å². The largest absolute Gasteiger partial charge is 0.330 e. The Labute approximate surface area is 170 Å². The van der Waals surface area contributed by atoms with Crippen LogP contribution in [0.25, 0.3) is 0 Å². The normalized spacial score (nSPS) is 20.0. The van der Waals surface area contributed by atoms with Gasteiger partial charge in [0.05, 0.1) is 37.6 Å². The summed E-state index contributed by atoms with van der Waals surface area (Å²) in [5.41, 5.74) is 0.488. The SMILES string of the molecule is C[C@H](C(=O)N1c2ccccc2NC(=O)C1(C)C)[NH+]1CCN(c2ncccn2)CC1. The number of nitrogens with one attached hydrogen (secondary N) is 2. The van der Waals surface area contributed by atoms with E-state index in [0.29, 0.717) is 5.69 Å². The van der Waals surface area contributed by atoms with E-state index < -0.39 is 5.54 Å². The lowest BCUT2D eigenvalue weighted by molar-refractivity contribution is -0.914. The molecule has 0 spiro atoms. The summed E-state index contributed by atoms with van der Waals surface area (Å²) < 4.78 is 0. The van der Waals surface area contributed by atoms with Gasteiger partial charge >= 0.3 is 0 Å². The first-order valence-electron chi connectivity index (χ1n) is 10.0. The first-order chi connectivity index (χ1) is 13.9. The Bertz CT molecular complexity index is 908. The average molecular weight is 395 g/mol. The Morgan fingerprint density at radius 3 is 2.48 bits per heavy atom. The van der Waals surface area contributed by atoms with Crippen molar-refractivity contribution >= 4 is 29.1 Å². The van der Waals surface area contributed by atoms with Crippen molar-refractivity contribution in [2.24, 2.45) is 0 Å². The van der Waals surface area contributed by atoms with Crippen molar-refractivity contribution in [2.75, 3.05) is 41.3 Å². The quantitative estimate of drug-likeness (QED) is 0.783. The Morgan fingerprint density at radius 1 is 1.14 bits per heavy atom. The second-order valence-electron chi connectivity index (χ2n) is 8.12. The van der Waals surface area contributed by atoms with Gasteiger partial charge in [0.25, 0.3) is 5.91 Å². The minimum atomic E-state index is -0.946. The molecule has 1 saturated heterocycles. The Kier molecular flexibility index (Phi) is 4.96. The summed E-state index contributed by atoms with van der Waals surface area (Å²) in [6.45, 7) is 8.75. The van der Waals surface area contributed by atoms with Gasteiger partial charge in [0.15, 0.2) is 6.04 Å². The minimum Gasteiger partial charge on any atom is -0.330 e. The summed E-state index contributed by atoms with van der Waals surface area (Å²) in [5, 5.41) is 2.92. The first kappa shape index (κ1) is 19.3. The van der Waals surface area contributed by atoms with Gasteiger partial charge in [-0.3, -0.25) is 14.5 Å². The number of carbonyl (C=O) groups excluding carboxylic acids is 2. The van der Waals surface area contributed by atoms with Crippen LogP contribution in [0.15, 0.2) is 42.7 Å². The number of rotatable bonds is 3. The van der Waals surface area contributed by atoms with Gasteiger partial charge in [-0.2, -0.15) is 0 Å². The molecule has 0 radical (unpaired) electrons. The smallest absolute Gasteiger partial charge is 0.285 e. The summed E-state index contributed by atoms with van der Waals surface area (Å²) in [4.78, 5) is 39.9. The first-order valence-corrected chi connectivity index (χ1v) is 10.0. The second kappa shape index (κ2) is 7.44. The highest BCUT2D eigenvalue weighted by Gasteiger charge is 2.46. The molecule has 1 aromatic heterocycles. The van der Waals surface area contributed by atoms with E-state index in [0.717, 1.165) is 37.8 Å². The molecule has 2 aliphatic heterocycles. The van der Waals surface area contributed by atoms with Gasteiger partial charge in [-0.25, -0.2) is 9.97 Å². The van der Waals surface area contributed by atoms with E-state index >= 15 is 0 Å². The van der Waals surface area contributed by atoms with E-state index in [-0.39, 0.29) is 17.9 Å². The van der Waals surface area contributed by atoms with Crippen LogP contribution < -0.4 is 20.0 Å². The number of anilines is 3. The van der Waals surface area contributed by atoms with E-state index in [1.807, 2.05) is 31.2 Å². The minimum absolute atomic E-state index is 0.0308. The van der Waals surface area contributed by atoms with Crippen LogP contribution in [0, 0.1) is 0 Å². The Balaban J connectivity index is 1.51. The van der Waals surface area contributed by atoms with Crippen molar-refractivity contribution in [3.8, 4) is 0 Å². The van der Waals surface area contributed by atoms with Gasteiger partial charge in [-0.15, -0.1) is 0 Å². The summed E-state index contributed by atoms with van der Waals surface area (Å²) in [7, 11) is 0. The fraction of sp³-hybridized carbons (Fsp3) is 0.429. The molecule has 0 unspecified atom stereocenters. The number of para-hydroxylation sites is 2. The van der Waals surface area contributed by atoms with Gasteiger partial charge in [0.2, 0.25) is 11.9 Å². The molecular formula is C21H27N6O2+. The topological polar surface area (TPSA) is 82.9 Å². The van der Waals surface area contributed by atoms with Crippen molar-refractivity contribution in [1.29, 1.82) is 0 Å². The zero-order valence-corrected chi connectivity index (χ0v) is 17.1. The number of nitrogens with zero attached hydrogens (tertiary/aromatic N) is 4. The maximum absolute atomic E-state index is 13.6. The number of hydrogen-bond acceptors (Lipinski definition) is 5. The monoisotopic (exact) mass is 395 g/mol. The highest BCUT2D eigenvalue weighted by molar-refractivity contribution is 6.14. The third kappa shape index (κ3) is 3.44. The number of hydrogen-bond donors (Lipinski definition) is 2. The molecule has 0 bridgehead atoms. The van der Waals surface area contributed by atoms with Crippen molar-refractivity contribution in [2.45, 2.75) is 32.4 Å². The zero-order valence-electron chi connectivity index (χ0n) is 17.1. The number of quaternary nitrogens is 1. The molecule has 2 aliphatic rings. The number of piperazine rings is 1. The standard InChI is InChI=1S/C21H26N6O2/c1-15(25-11-13-26(14-12-25)20-22-9-6-10-23-20)18(28)27-17-8-5-4-7-16(17)24-19(29)21(27,2)3/h4-10,15H,11-14H2,1-3H3,(H,24,29)/p+1/t15-/m1/s1. The van der Waals surface area contributed by atoms with Crippen molar-refractivity contribution < 1.29 is 14.5 Å². The Hall–Kier alpha value is -3.00. The van der Waals surface area contributed by atoms with Crippen molar-refractivity contribution in [3.05, 3.63) is 42.7 Å². The molecule has 1 atom stereocenters. The molecule has 0 saturated carbocycles. The van der Waals surface area contributed by atoms with Crippen molar-refractivity contribution in [1.82, 2.24) is 9.97 Å². The number of fused-ring (bicyclic) bond motifs is 1. The lowest BCUT2D eigenvalue weighted by atomic mass is 9.95. The number of aromatic nitrogens is 2. The van der Waals surface area contributed by atoms with Crippen molar-refractivity contribution in [3.63, 3.8) is 0 Å². The van der Waals surface area contributed by atoms with Crippen LogP contribution in [0.2, 0.25) is 0 Å². The summed E-state index contributed by atoms with van der Waals surface area (Å²) in [6.07, 6.45) is 3.49. The lowest BCUT2D eigenvalue weighted by Gasteiger charge is -2.44. The fourth-order valence-electron chi connectivity index (χ4n) is 4.10. The molecule has 4 rings (SSSR count). The third-order valence-corrected chi connectivity index (χ3v) is 5.95. The van der Waals surface area contributed by atoms with Crippen LogP contribution in [0.5, 0.6) is 0 Å². The molecule has 2 N–H and O–H groups in total. The number of benzene rings is 1. The van der Waals surface area contributed by atoms with Crippen LogP contribution >= 0.6 is 0 Å². The fourth-order valence-corrected chi connectivity index (χ4v) is 4.10. The van der Waals surface area contributed by atoms with E-state index in [1.165, 1.54) is 4.90 Å². The lowest BCUT2D eigenvalue weighted by Crippen LogP contribution is -3.19. The third-order valence-electron chi connectivity index (χ3n) is 5.95. The molecular weight excluding hydrogens is 368 g/mol. The summed E-state index contributed by atoms with van der Waals surface area (Å²) in [5.74, 6) is 0.530. The van der Waals surface area contributed by atoms with E-state index in [4.69, 9.17) is 0 Å². The second-order valence-corrected chi connectivity index (χ2v) is 8.12. The maximum Gasteiger partial charge on any atom is 0.285 e. The van der Waals surface area contributed by atoms with E-state index in [1.54, 1.807) is 37.2 Å². The van der Waals surface area contributed by atoms with Crippen LogP contribution in [0.1, 0.15) is 20.8 Å². The molecule has 152 valence electrons. The predicted molar refractivity (Wildman–Crippen MR) is 111 cm³/mol. The molecule has 8 heteroatoms. The maximum atomic E-state index is 13.6. The molecule has 8 nitrogen and oxygen atoms in total. The molecule has 2 aromatic rings. The predicted octanol–water partition coefficient (Wildman–Crippen LogP) is 0.334. The summed E-state index contributed by atoms with van der Waals surface area (Å²) in [6, 6.07) is 9.02. The zero-order chi connectivity index (χ0) is 20.6. The average Bonchev–Trinajstić information content (AvgIpc) is 2.74. The molecule has 0 aliphatic carbocycles. The van der Waals surface area contributed by atoms with Crippen LogP contribution in [0.4, 0.5) is 17.3 Å². The highest BCUT2D eigenvalue weighted by Crippen LogP contribution is 2.36. The molecule has 1 aromatic carbocycles. The molecule has 29 heavy (non-hydrogen) atoms. The van der Waals surface area contributed by atoms with Gasteiger partial charge < -0.3 is 15.1 Å². The van der Waals surface area contributed by atoms with Crippen LogP contribution in [-0.2, 0) is 9.59 Å².